The Balaban J connectivity index is 4.68. The molecule has 0 heterocycles. The Morgan fingerprint density at radius 1 is 1.16 bits per heavy atom. The molecule has 0 aromatic rings. The van der Waals surface area contributed by atoms with Crippen LogP contribution in [-0.2, 0) is 19.0 Å². The van der Waals surface area contributed by atoms with Gasteiger partial charge in [-0.2, -0.15) is 0 Å². The zero-order valence-corrected chi connectivity index (χ0v) is 13.4. The van der Waals surface area contributed by atoms with Crippen molar-refractivity contribution in [3.05, 3.63) is 0 Å². The monoisotopic (exact) mass is 275 g/mol. The third-order valence-corrected chi connectivity index (χ3v) is 2.77. The van der Waals surface area contributed by atoms with Crippen molar-refractivity contribution >= 4 is 5.97 Å². The minimum Gasteiger partial charge on any atom is -0.459 e. The average molecular weight is 275 g/mol. The van der Waals surface area contributed by atoms with Crippen LogP contribution in [0.1, 0.15) is 34.6 Å². The van der Waals surface area contributed by atoms with Crippen molar-refractivity contribution in [2.45, 2.75) is 52.3 Å². The molecule has 0 saturated carbocycles. The van der Waals surface area contributed by atoms with Crippen LogP contribution in [-0.4, -0.2) is 62.5 Å². The smallest absolute Gasteiger partial charge is 0.323 e. The van der Waals surface area contributed by atoms with E-state index in [0.717, 1.165) is 0 Å². The first kappa shape index (κ1) is 18.4. The minimum absolute atomic E-state index is 0.127. The SMILES string of the molecule is COCCN(C(C)COC)C(C)C(=O)OC(C)(C)C. The Bertz CT molecular complexity index is 263. The number of esters is 1. The molecule has 0 aliphatic heterocycles. The maximum atomic E-state index is 12.1. The molecule has 0 spiro atoms. The summed E-state index contributed by atoms with van der Waals surface area (Å²) in [7, 11) is 3.31. The van der Waals surface area contributed by atoms with Crippen LogP contribution in [0.5, 0.6) is 0 Å². The van der Waals surface area contributed by atoms with Crippen LogP contribution in [0, 0.1) is 0 Å². The summed E-state index contributed by atoms with van der Waals surface area (Å²) < 4.78 is 15.7. The summed E-state index contributed by atoms with van der Waals surface area (Å²) in [5, 5.41) is 0. The van der Waals surface area contributed by atoms with E-state index >= 15 is 0 Å². The van der Waals surface area contributed by atoms with Crippen LogP contribution in [0.4, 0.5) is 0 Å². The van der Waals surface area contributed by atoms with Crippen molar-refractivity contribution in [2.75, 3.05) is 34.0 Å². The molecule has 0 aromatic carbocycles. The molecule has 0 radical (unpaired) electrons. The molecule has 5 nitrogen and oxygen atoms in total. The van der Waals surface area contributed by atoms with E-state index in [1.165, 1.54) is 0 Å². The van der Waals surface area contributed by atoms with Gasteiger partial charge in [-0.15, -0.1) is 0 Å². The van der Waals surface area contributed by atoms with E-state index in [4.69, 9.17) is 14.2 Å². The van der Waals surface area contributed by atoms with Gasteiger partial charge in [-0.1, -0.05) is 0 Å². The summed E-state index contributed by atoms with van der Waals surface area (Å²) in [6, 6.07) is -0.192. The normalized spacial score (nSPS) is 15.4. The lowest BCUT2D eigenvalue weighted by Crippen LogP contribution is -2.49. The van der Waals surface area contributed by atoms with Gasteiger partial charge in [0, 0.05) is 26.8 Å². The summed E-state index contributed by atoms with van der Waals surface area (Å²) in [5.41, 5.74) is -0.469. The third-order valence-electron chi connectivity index (χ3n) is 2.77. The van der Waals surface area contributed by atoms with Crippen molar-refractivity contribution in [2.24, 2.45) is 0 Å². The van der Waals surface area contributed by atoms with Gasteiger partial charge >= 0.3 is 5.97 Å². The van der Waals surface area contributed by atoms with Gasteiger partial charge in [0.2, 0.25) is 0 Å². The van der Waals surface area contributed by atoms with Gasteiger partial charge < -0.3 is 14.2 Å². The summed E-state index contributed by atoms with van der Waals surface area (Å²) in [6.45, 7) is 11.3. The van der Waals surface area contributed by atoms with E-state index < -0.39 is 5.60 Å². The molecule has 0 amide bonds. The van der Waals surface area contributed by atoms with Gasteiger partial charge in [0.1, 0.15) is 11.6 Å². The van der Waals surface area contributed by atoms with Gasteiger partial charge in [0.25, 0.3) is 0 Å². The highest BCUT2D eigenvalue weighted by molar-refractivity contribution is 5.75. The van der Waals surface area contributed by atoms with Crippen LogP contribution < -0.4 is 0 Å². The van der Waals surface area contributed by atoms with E-state index in [-0.39, 0.29) is 18.1 Å². The number of hydrogen-bond donors (Lipinski definition) is 0. The minimum atomic E-state index is -0.469. The van der Waals surface area contributed by atoms with Gasteiger partial charge in [-0.3, -0.25) is 9.69 Å². The lowest BCUT2D eigenvalue weighted by atomic mass is 10.1. The highest BCUT2D eigenvalue weighted by atomic mass is 16.6. The molecule has 0 fully saturated rings. The molecule has 0 rings (SSSR count). The Morgan fingerprint density at radius 2 is 1.74 bits per heavy atom. The third kappa shape index (κ3) is 7.50. The molecular weight excluding hydrogens is 246 g/mol. The van der Waals surface area contributed by atoms with Gasteiger partial charge in [0.15, 0.2) is 0 Å². The van der Waals surface area contributed by atoms with E-state index in [1.54, 1.807) is 14.2 Å². The molecule has 2 atom stereocenters. The Hall–Kier alpha value is -0.650. The van der Waals surface area contributed by atoms with Crippen molar-refractivity contribution in [1.29, 1.82) is 0 Å². The Labute approximate surface area is 117 Å². The summed E-state index contributed by atoms with van der Waals surface area (Å²) >= 11 is 0. The van der Waals surface area contributed by atoms with Crippen LogP contribution in [0.3, 0.4) is 0 Å². The van der Waals surface area contributed by atoms with Gasteiger partial charge in [-0.25, -0.2) is 0 Å². The second kappa shape index (κ2) is 8.51. The maximum absolute atomic E-state index is 12.1. The maximum Gasteiger partial charge on any atom is 0.323 e. The predicted molar refractivity (Wildman–Crippen MR) is 75.2 cm³/mol. The molecule has 0 saturated heterocycles. The molecule has 0 N–H and O–H groups in total. The molecule has 19 heavy (non-hydrogen) atoms. The van der Waals surface area contributed by atoms with E-state index in [9.17, 15) is 4.79 Å². The van der Waals surface area contributed by atoms with Crippen molar-refractivity contribution < 1.29 is 19.0 Å². The first-order valence-corrected chi connectivity index (χ1v) is 6.69. The van der Waals surface area contributed by atoms with E-state index in [2.05, 4.69) is 0 Å². The van der Waals surface area contributed by atoms with Crippen LogP contribution >= 0.6 is 0 Å². The topological polar surface area (TPSA) is 48.0 Å². The summed E-state index contributed by atoms with van der Waals surface area (Å²) in [4.78, 5) is 14.2. The Morgan fingerprint density at radius 3 is 2.16 bits per heavy atom. The standard InChI is InChI=1S/C14H29NO4/c1-11(10-18-7)15(8-9-17-6)12(2)13(16)19-14(3,4)5/h11-12H,8-10H2,1-7H3. The van der Waals surface area contributed by atoms with E-state index in [0.29, 0.717) is 19.8 Å². The molecule has 0 aliphatic carbocycles. The first-order valence-electron chi connectivity index (χ1n) is 6.69. The fourth-order valence-corrected chi connectivity index (χ4v) is 1.85. The molecule has 0 aliphatic rings. The summed E-state index contributed by atoms with van der Waals surface area (Å²) in [5.74, 6) is -0.216. The molecule has 0 bridgehead atoms. The molecule has 0 aromatic heterocycles. The van der Waals surface area contributed by atoms with E-state index in [1.807, 2.05) is 39.5 Å². The molecular formula is C14H29NO4. The molecule has 2 unspecified atom stereocenters. The highest BCUT2D eigenvalue weighted by Gasteiger charge is 2.29. The van der Waals surface area contributed by atoms with Crippen molar-refractivity contribution in [1.82, 2.24) is 4.90 Å². The zero-order chi connectivity index (χ0) is 15.1. The van der Waals surface area contributed by atoms with Crippen LogP contribution in [0.25, 0.3) is 0 Å². The largest absolute Gasteiger partial charge is 0.459 e. The van der Waals surface area contributed by atoms with Crippen molar-refractivity contribution in [3.8, 4) is 0 Å². The second-order valence-electron chi connectivity index (χ2n) is 5.74. The van der Waals surface area contributed by atoms with Crippen molar-refractivity contribution in [3.63, 3.8) is 0 Å². The summed E-state index contributed by atoms with van der Waals surface area (Å²) in [6.07, 6.45) is 0. The average Bonchev–Trinajstić information content (AvgIpc) is 2.27. The lowest BCUT2D eigenvalue weighted by molar-refractivity contribution is -0.162. The quantitative estimate of drug-likeness (QED) is 0.631. The second-order valence-corrected chi connectivity index (χ2v) is 5.74. The van der Waals surface area contributed by atoms with Gasteiger partial charge in [-0.05, 0) is 34.6 Å². The van der Waals surface area contributed by atoms with Crippen LogP contribution in [0.2, 0.25) is 0 Å². The van der Waals surface area contributed by atoms with Gasteiger partial charge in [0.05, 0.1) is 13.2 Å². The first-order chi connectivity index (χ1) is 8.72. The predicted octanol–water partition coefficient (Wildman–Crippen LogP) is 1.70. The fourth-order valence-electron chi connectivity index (χ4n) is 1.85. The molecule has 5 heteroatoms. The number of carbonyl (C=O) groups is 1. The number of rotatable bonds is 8. The fraction of sp³-hybridized carbons (Fsp3) is 0.929. The lowest BCUT2D eigenvalue weighted by Gasteiger charge is -2.34. The zero-order valence-electron chi connectivity index (χ0n) is 13.4. The molecule has 114 valence electrons. The number of nitrogens with zero attached hydrogens (tertiary/aromatic N) is 1. The number of hydrogen-bond acceptors (Lipinski definition) is 5. The number of ether oxygens (including phenoxy) is 3. The number of carbonyl (C=O) groups excluding carboxylic acids is 1. The highest BCUT2D eigenvalue weighted by Crippen LogP contribution is 2.13. The van der Waals surface area contributed by atoms with Crippen LogP contribution in [0.15, 0.2) is 0 Å². The Kier molecular flexibility index (Phi) is 8.22. The number of methoxy groups -OCH3 is 2.